The first kappa shape index (κ1) is 41.1. The maximum atomic E-state index is 14.6. The molecule has 0 unspecified atom stereocenters. The van der Waals surface area contributed by atoms with Crippen LogP contribution in [0.2, 0.25) is 5.02 Å². The number of fused-ring (bicyclic) bond motifs is 2. The van der Waals surface area contributed by atoms with Crippen LogP contribution in [0.1, 0.15) is 91.2 Å². The predicted octanol–water partition coefficient (Wildman–Crippen LogP) is 7.03. The summed E-state index contributed by atoms with van der Waals surface area (Å²) in [5.41, 5.74) is 0.904. The molecule has 3 aromatic rings. The lowest BCUT2D eigenvalue weighted by Gasteiger charge is -2.43. The van der Waals surface area contributed by atoms with Gasteiger partial charge in [-0.25, -0.2) is 13.4 Å². The molecule has 6 atom stereocenters. The highest BCUT2D eigenvalue weighted by molar-refractivity contribution is 7.90. The number of benzene rings is 1. The number of hydrogen-bond donors (Lipinski definition) is 1. The molecule has 12 nitrogen and oxygen atoms in total. The molecule has 57 heavy (non-hydrogen) atoms. The van der Waals surface area contributed by atoms with Gasteiger partial charge in [0, 0.05) is 43.0 Å². The number of nitrogens with zero attached hydrogens (tertiary/aromatic N) is 3. The van der Waals surface area contributed by atoms with Crippen LogP contribution in [0.15, 0.2) is 49.1 Å². The predicted molar refractivity (Wildman–Crippen MR) is 218 cm³/mol. The fourth-order valence-electron chi connectivity index (χ4n) is 8.57. The fraction of sp³-hybridized carbons (Fsp3) is 0.558. The molecular formula is C43H53ClN4O8S. The molecule has 0 spiro atoms. The van der Waals surface area contributed by atoms with Gasteiger partial charge in [-0.15, -0.1) is 6.58 Å². The third-order valence-corrected chi connectivity index (χ3v) is 14.3. The van der Waals surface area contributed by atoms with Gasteiger partial charge in [0.2, 0.25) is 21.8 Å². The van der Waals surface area contributed by atoms with E-state index in [1.54, 1.807) is 24.2 Å². The number of allylic oxidation sites excluding steroid dienone is 1. The van der Waals surface area contributed by atoms with Gasteiger partial charge in [-0.1, -0.05) is 58.4 Å². The molecule has 0 radical (unpaired) electrons. The Bertz CT molecular complexity index is 2200. The van der Waals surface area contributed by atoms with E-state index in [0.717, 1.165) is 5.69 Å². The molecule has 2 amide bonds. The first-order valence-corrected chi connectivity index (χ1v) is 21.8. The molecule has 306 valence electrons. The van der Waals surface area contributed by atoms with Gasteiger partial charge in [0.05, 0.1) is 46.3 Å². The summed E-state index contributed by atoms with van der Waals surface area (Å²) < 4.78 is 45.9. The molecule has 4 fully saturated rings. The lowest BCUT2D eigenvalue weighted by atomic mass is 9.74. The van der Waals surface area contributed by atoms with E-state index < -0.39 is 44.8 Å². The van der Waals surface area contributed by atoms with Crippen molar-refractivity contribution in [1.29, 1.82) is 0 Å². The zero-order valence-corrected chi connectivity index (χ0v) is 35.1. The lowest BCUT2D eigenvalue weighted by molar-refractivity contribution is -0.151. The minimum Gasteiger partial charge on any atom is -0.490 e. The summed E-state index contributed by atoms with van der Waals surface area (Å²) in [7, 11) is -2.24. The van der Waals surface area contributed by atoms with Crippen molar-refractivity contribution in [2.75, 3.05) is 20.3 Å². The number of nitrogens with one attached hydrogen (secondary N) is 1. The zero-order valence-electron chi connectivity index (χ0n) is 33.5. The molecule has 14 heteroatoms. The third kappa shape index (κ3) is 8.04. The van der Waals surface area contributed by atoms with Crippen molar-refractivity contribution in [3.63, 3.8) is 0 Å². The number of ketones is 1. The number of pyridine rings is 2. The van der Waals surface area contributed by atoms with E-state index >= 15 is 0 Å². The Kier molecular flexibility index (Phi) is 11.2. The zero-order chi connectivity index (χ0) is 41.0. The summed E-state index contributed by atoms with van der Waals surface area (Å²) in [4.78, 5) is 54.3. The van der Waals surface area contributed by atoms with Crippen LogP contribution in [-0.4, -0.2) is 84.6 Å². The molecule has 4 heterocycles. The smallest absolute Gasteiger partial charge is 0.240 e. The Morgan fingerprint density at radius 2 is 1.82 bits per heavy atom. The van der Waals surface area contributed by atoms with Crippen LogP contribution in [0.25, 0.3) is 22.3 Å². The molecule has 2 saturated heterocycles. The molecule has 1 N–H and O–H groups in total. The Labute approximate surface area is 340 Å². The second-order valence-corrected chi connectivity index (χ2v) is 19.8. The van der Waals surface area contributed by atoms with Crippen molar-refractivity contribution >= 4 is 50.1 Å². The van der Waals surface area contributed by atoms with Crippen LogP contribution in [0.3, 0.4) is 0 Å². The van der Waals surface area contributed by atoms with Gasteiger partial charge < -0.3 is 19.1 Å². The van der Waals surface area contributed by atoms with Crippen molar-refractivity contribution in [1.82, 2.24) is 19.6 Å². The molecule has 2 aliphatic carbocycles. The van der Waals surface area contributed by atoms with Gasteiger partial charge in [-0.2, -0.15) is 0 Å². The third-order valence-electron chi connectivity index (χ3n) is 12.2. The molecule has 2 saturated carbocycles. The number of amides is 2. The quantitative estimate of drug-likeness (QED) is 0.125. The normalized spacial score (nSPS) is 26.0. The number of Topliss-reactive ketones (excluding diaryl/α,β-unsaturated/α-hetero) is 1. The van der Waals surface area contributed by atoms with Gasteiger partial charge in [0.1, 0.15) is 29.2 Å². The average molecular weight is 821 g/mol. The van der Waals surface area contributed by atoms with Crippen LogP contribution < -0.4 is 14.2 Å². The number of piperidine rings is 1. The van der Waals surface area contributed by atoms with Gasteiger partial charge in [-0.3, -0.25) is 24.1 Å². The van der Waals surface area contributed by atoms with Crippen molar-refractivity contribution in [3.05, 3.63) is 59.8 Å². The number of sulfonamides is 1. The maximum Gasteiger partial charge on any atom is 0.240 e. The summed E-state index contributed by atoms with van der Waals surface area (Å²) in [6.45, 7) is 14.7. The minimum absolute atomic E-state index is 0.120. The number of ether oxygens (including phenoxy) is 3. The fourth-order valence-corrected chi connectivity index (χ4v) is 10.2. The highest BCUT2D eigenvalue weighted by atomic mass is 35.5. The molecule has 2 aromatic heterocycles. The number of carbonyl (C=O) groups is 3. The number of carbonyl (C=O) groups excluding carboxylic acids is 3. The van der Waals surface area contributed by atoms with Crippen LogP contribution in [0, 0.1) is 22.7 Å². The highest BCUT2D eigenvalue weighted by Crippen LogP contribution is 2.57. The van der Waals surface area contributed by atoms with E-state index in [1.807, 2.05) is 51.1 Å². The first-order valence-electron chi connectivity index (χ1n) is 19.9. The topological polar surface area (TPSA) is 154 Å². The standard InChI is InChI=1S/C43H53ClN4O8S/c1-8-25-22-43(25,41(51)47-57(52,53)26-12-13-26)23-34(49)33-21-37(32-16-15-28(42(4,5)6)40(50)48(32)33)56-36-20-31(30-11-9-10-29(45-30)24(2)3)46-39-27(36)14-17-35(38(39)44)55-19-18-54-7/h8-11,14,17,20,24-26,28,32-33,37H,1,12-13,15-16,18-19,21-23H2,2-7H3,(H,47,51)/t25-,28+,32-,33+,37-,43-/m1/s1. The second kappa shape index (κ2) is 15.6. The van der Waals surface area contributed by atoms with Crippen LogP contribution in [0.4, 0.5) is 0 Å². The van der Waals surface area contributed by atoms with E-state index in [1.165, 1.54) is 0 Å². The van der Waals surface area contributed by atoms with Gasteiger partial charge in [0.25, 0.3) is 0 Å². The Morgan fingerprint density at radius 1 is 1.07 bits per heavy atom. The van der Waals surface area contributed by atoms with E-state index in [-0.39, 0.29) is 54.3 Å². The Morgan fingerprint density at radius 3 is 2.47 bits per heavy atom. The van der Waals surface area contributed by atoms with Gasteiger partial charge in [0.15, 0.2) is 5.78 Å². The highest BCUT2D eigenvalue weighted by Gasteiger charge is 2.62. The van der Waals surface area contributed by atoms with Crippen molar-refractivity contribution in [2.24, 2.45) is 22.7 Å². The molecule has 4 aliphatic rings. The van der Waals surface area contributed by atoms with Crippen LogP contribution in [-0.2, 0) is 29.1 Å². The van der Waals surface area contributed by atoms with Crippen molar-refractivity contribution in [3.8, 4) is 22.9 Å². The largest absolute Gasteiger partial charge is 0.490 e. The Hall–Kier alpha value is -4.07. The SMILES string of the molecule is C=C[C@@H]1C[C@]1(CC(=O)[C@@H]1C[C@@H](Oc2cc(-c3cccc(C(C)C)n3)nc3c(Cl)c(OCCOC)ccc23)[C@H]2CC[C@H](C(C)(C)C)C(=O)N21)C(=O)NS(=O)(=O)C1CC1. The lowest BCUT2D eigenvalue weighted by Crippen LogP contribution is -2.55. The first-order chi connectivity index (χ1) is 27.0. The van der Waals surface area contributed by atoms with Crippen molar-refractivity contribution < 1.29 is 37.0 Å². The van der Waals surface area contributed by atoms with Crippen LogP contribution in [0.5, 0.6) is 11.5 Å². The molecule has 0 bridgehead atoms. The molecular weight excluding hydrogens is 768 g/mol. The minimum atomic E-state index is -3.83. The summed E-state index contributed by atoms with van der Waals surface area (Å²) in [5, 5.41) is 0.331. The number of halogens is 1. The van der Waals surface area contributed by atoms with Crippen molar-refractivity contribution in [2.45, 2.75) is 109 Å². The molecule has 1 aromatic carbocycles. The van der Waals surface area contributed by atoms with E-state index in [0.29, 0.717) is 77.5 Å². The number of hydrogen-bond acceptors (Lipinski definition) is 10. The molecule has 2 aliphatic heterocycles. The van der Waals surface area contributed by atoms with E-state index in [2.05, 4.69) is 25.1 Å². The molecule has 7 rings (SSSR count). The average Bonchev–Trinajstić information content (AvgIpc) is 4.09. The second-order valence-electron chi connectivity index (χ2n) is 17.5. The number of aromatic nitrogens is 2. The number of rotatable bonds is 15. The van der Waals surface area contributed by atoms with Gasteiger partial charge >= 0.3 is 0 Å². The van der Waals surface area contributed by atoms with Gasteiger partial charge in [-0.05, 0) is 73.6 Å². The van der Waals surface area contributed by atoms with E-state index in [4.69, 9.17) is 35.8 Å². The summed E-state index contributed by atoms with van der Waals surface area (Å²) in [6, 6.07) is 9.90. The van der Waals surface area contributed by atoms with Crippen LogP contribution >= 0.6 is 11.6 Å². The summed E-state index contributed by atoms with van der Waals surface area (Å²) in [5.74, 6) is -0.707. The van der Waals surface area contributed by atoms with E-state index in [9.17, 15) is 22.8 Å². The maximum absolute atomic E-state index is 14.6. The number of methoxy groups -OCH3 is 1. The summed E-state index contributed by atoms with van der Waals surface area (Å²) in [6.07, 6.45) is 3.52. The summed E-state index contributed by atoms with van der Waals surface area (Å²) >= 11 is 7.00. The monoisotopic (exact) mass is 820 g/mol. The Balaban J connectivity index is 1.25.